The maximum absolute atomic E-state index is 11.8. The smallest absolute Gasteiger partial charge is 0.154 e. The van der Waals surface area contributed by atoms with Crippen LogP contribution in [0.2, 0.25) is 0 Å². The first-order valence-corrected chi connectivity index (χ1v) is 5.61. The van der Waals surface area contributed by atoms with E-state index in [0.717, 1.165) is 24.8 Å². The summed E-state index contributed by atoms with van der Waals surface area (Å²) in [7, 11) is 0. The predicted molar refractivity (Wildman–Crippen MR) is 61.7 cm³/mol. The second-order valence-corrected chi connectivity index (χ2v) is 3.77. The van der Waals surface area contributed by atoms with Crippen molar-refractivity contribution in [1.29, 1.82) is 5.26 Å². The van der Waals surface area contributed by atoms with Crippen molar-refractivity contribution in [3.05, 3.63) is 30.1 Å². The van der Waals surface area contributed by atoms with Gasteiger partial charge in [0.1, 0.15) is 5.92 Å². The van der Waals surface area contributed by atoms with E-state index in [-0.39, 0.29) is 5.78 Å². The van der Waals surface area contributed by atoms with Crippen LogP contribution in [-0.4, -0.2) is 10.8 Å². The van der Waals surface area contributed by atoms with E-state index in [1.165, 1.54) is 0 Å². The number of rotatable bonds is 6. The lowest BCUT2D eigenvalue weighted by atomic mass is 9.94. The van der Waals surface area contributed by atoms with Gasteiger partial charge in [-0.05, 0) is 24.1 Å². The van der Waals surface area contributed by atoms with Gasteiger partial charge < -0.3 is 0 Å². The molecule has 0 saturated heterocycles. The van der Waals surface area contributed by atoms with E-state index >= 15 is 0 Å². The molecule has 1 atom stereocenters. The molecule has 0 aromatic carbocycles. The number of carbonyl (C=O) groups excluding carboxylic acids is 1. The highest BCUT2D eigenvalue weighted by Crippen LogP contribution is 2.18. The topological polar surface area (TPSA) is 53.8 Å². The van der Waals surface area contributed by atoms with Crippen molar-refractivity contribution >= 4 is 5.78 Å². The normalized spacial score (nSPS) is 11.8. The van der Waals surface area contributed by atoms with Gasteiger partial charge in [-0.2, -0.15) is 5.26 Å². The molecule has 0 aliphatic heterocycles. The number of Topliss-reactive ketones (excluding diaryl/α,β-unsaturated/α-hetero) is 1. The number of nitriles is 1. The largest absolute Gasteiger partial charge is 0.298 e. The SMILES string of the molecule is CCCCCC(=O)C(C#N)c1ccncc1. The number of hydrogen-bond acceptors (Lipinski definition) is 3. The van der Waals surface area contributed by atoms with Crippen molar-refractivity contribution in [3.63, 3.8) is 0 Å². The number of unbranched alkanes of at least 4 members (excludes halogenated alkanes) is 2. The van der Waals surface area contributed by atoms with Gasteiger partial charge in [0, 0.05) is 18.8 Å². The van der Waals surface area contributed by atoms with Crippen molar-refractivity contribution < 1.29 is 4.79 Å². The van der Waals surface area contributed by atoms with E-state index in [4.69, 9.17) is 5.26 Å². The summed E-state index contributed by atoms with van der Waals surface area (Å²) in [6.45, 7) is 2.09. The zero-order valence-electron chi connectivity index (χ0n) is 9.52. The van der Waals surface area contributed by atoms with E-state index in [2.05, 4.69) is 18.0 Å². The Kier molecular flexibility index (Phi) is 5.21. The van der Waals surface area contributed by atoms with Crippen molar-refractivity contribution in [2.24, 2.45) is 0 Å². The summed E-state index contributed by atoms with van der Waals surface area (Å²) >= 11 is 0. The number of nitrogens with zero attached hydrogens (tertiary/aromatic N) is 2. The van der Waals surface area contributed by atoms with E-state index in [1.807, 2.05) is 0 Å². The van der Waals surface area contributed by atoms with Crippen LogP contribution in [-0.2, 0) is 4.79 Å². The number of pyridine rings is 1. The molecule has 1 unspecified atom stereocenters. The van der Waals surface area contributed by atoms with Crippen molar-refractivity contribution in [2.45, 2.75) is 38.5 Å². The minimum atomic E-state index is -0.625. The highest BCUT2D eigenvalue weighted by molar-refractivity contribution is 5.88. The molecule has 0 aliphatic carbocycles. The third-order valence-corrected chi connectivity index (χ3v) is 2.52. The minimum absolute atomic E-state index is 0.0159. The van der Waals surface area contributed by atoms with Gasteiger partial charge in [0.25, 0.3) is 0 Å². The van der Waals surface area contributed by atoms with Gasteiger partial charge in [-0.3, -0.25) is 9.78 Å². The average Bonchev–Trinajstić information content (AvgIpc) is 2.32. The number of ketones is 1. The summed E-state index contributed by atoms with van der Waals surface area (Å²) in [6.07, 6.45) is 6.71. The molecular formula is C13H16N2O. The molecule has 0 fully saturated rings. The van der Waals surface area contributed by atoms with Gasteiger partial charge in [0.2, 0.25) is 0 Å². The molecule has 3 nitrogen and oxygen atoms in total. The van der Waals surface area contributed by atoms with E-state index < -0.39 is 5.92 Å². The van der Waals surface area contributed by atoms with Gasteiger partial charge in [0.15, 0.2) is 5.78 Å². The standard InChI is InChI=1S/C13H16N2O/c1-2-3-4-5-13(16)12(10-14)11-6-8-15-9-7-11/h6-9,12H,2-5H2,1H3. The van der Waals surface area contributed by atoms with Crippen LogP contribution in [0.4, 0.5) is 0 Å². The monoisotopic (exact) mass is 216 g/mol. The molecule has 1 aromatic rings. The Morgan fingerprint density at radius 1 is 1.44 bits per heavy atom. The average molecular weight is 216 g/mol. The second kappa shape index (κ2) is 6.73. The summed E-state index contributed by atoms with van der Waals surface area (Å²) < 4.78 is 0. The van der Waals surface area contributed by atoms with Gasteiger partial charge >= 0.3 is 0 Å². The van der Waals surface area contributed by atoms with Gasteiger partial charge in [-0.1, -0.05) is 19.8 Å². The first-order chi connectivity index (χ1) is 7.79. The molecular weight excluding hydrogens is 200 g/mol. The fraction of sp³-hybridized carbons (Fsp3) is 0.462. The van der Waals surface area contributed by atoms with Crippen molar-refractivity contribution in [2.75, 3.05) is 0 Å². The Bertz CT molecular complexity index is 367. The lowest BCUT2D eigenvalue weighted by molar-refractivity contribution is -0.119. The van der Waals surface area contributed by atoms with Crippen LogP contribution in [0.5, 0.6) is 0 Å². The second-order valence-electron chi connectivity index (χ2n) is 3.77. The minimum Gasteiger partial charge on any atom is -0.298 e. The van der Waals surface area contributed by atoms with Crippen LogP contribution in [0.25, 0.3) is 0 Å². The highest BCUT2D eigenvalue weighted by atomic mass is 16.1. The Balaban J connectivity index is 2.62. The van der Waals surface area contributed by atoms with Gasteiger partial charge in [0.05, 0.1) is 6.07 Å². The van der Waals surface area contributed by atoms with Crippen LogP contribution in [0, 0.1) is 11.3 Å². The Morgan fingerprint density at radius 3 is 2.69 bits per heavy atom. The number of carbonyl (C=O) groups is 1. The summed E-state index contributed by atoms with van der Waals surface area (Å²) in [5, 5.41) is 9.02. The molecule has 0 aliphatic rings. The van der Waals surface area contributed by atoms with Gasteiger partial charge in [-0.25, -0.2) is 0 Å². The van der Waals surface area contributed by atoms with Gasteiger partial charge in [-0.15, -0.1) is 0 Å². The first-order valence-electron chi connectivity index (χ1n) is 5.61. The van der Waals surface area contributed by atoms with E-state index in [0.29, 0.717) is 6.42 Å². The fourth-order valence-corrected chi connectivity index (χ4v) is 1.58. The number of aromatic nitrogens is 1. The zero-order valence-corrected chi connectivity index (χ0v) is 9.52. The molecule has 84 valence electrons. The van der Waals surface area contributed by atoms with Crippen molar-refractivity contribution in [1.82, 2.24) is 4.98 Å². The quantitative estimate of drug-likeness (QED) is 0.687. The lowest BCUT2D eigenvalue weighted by Crippen LogP contribution is -2.10. The number of hydrogen-bond donors (Lipinski definition) is 0. The maximum Gasteiger partial charge on any atom is 0.154 e. The molecule has 0 radical (unpaired) electrons. The summed E-state index contributed by atoms with van der Waals surface area (Å²) in [4.78, 5) is 15.7. The third-order valence-electron chi connectivity index (χ3n) is 2.52. The highest BCUT2D eigenvalue weighted by Gasteiger charge is 2.18. The lowest BCUT2D eigenvalue weighted by Gasteiger charge is -2.07. The maximum atomic E-state index is 11.8. The molecule has 1 heterocycles. The molecule has 3 heteroatoms. The summed E-state index contributed by atoms with van der Waals surface area (Å²) in [5.74, 6) is -0.609. The van der Waals surface area contributed by atoms with E-state index in [1.54, 1.807) is 24.5 Å². The van der Waals surface area contributed by atoms with E-state index in [9.17, 15) is 4.79 Å². The first kappa shape index (κ1) is 12.4. The predicted octanol–water partition coefficient (Wildman–Crippen LogP) is 2.84. The molecule has 0 saturated carbocycles. The molecule has 1 rings (SSSR count). The Labute approximate surface area is 96.1 Å². The molecule has 16 heavy (non-hydrogen) atoms. The fourth-order valence-electron chi connectivity index (χ4n) is 1.58. The molecule has 0 bridgehead atoms. The van der Waals surface area contributed by atoms with Crippen molar-refractivity contribution in [3.8, 4) is 6.07 Å². The molecule has 0 spiro atoms. The zero-order chi connectivity index (χ0) is 11.8. The molecule has 0 N–H and O–H groups in total. The molecule has 1 aromatic heterocycles. The molecule has 0 amide bonds. The summed E-state index contributed by atoms with van der Waals surface area (Å²) in [6, 6.07) is 5.52. The summed E-state index contributed by atoms with van der Waals surface area (Å²) in [5.41, 5.74) is 0.749. The Morgan fingerprint density at radius 2 is 2.12 bits per heavy atom. The van der Waals surface area contributed by atoms with Crippen LogP contribution in [0.1, 0.15) is 44.1 Å². The van der Waals surface area contributed by atoms with Crippen LogP contribution in [0.15, 0.2) is 24.5 Å². The third kappa shape index (κ3) is 3.47. The Hall–Kier alpha value is -1.69. The van der Waals surface area contributed by atoms with Crippen LogP contribution >= 0.6 is 0 Å². The van der Waals surface area contributed by atoms with Crippen LogP contribution < -0.4 is 0 Å². The van der Waals surface area contributed by atoms with Crippen LogP contribution in [0.3, 0.4) is 0 Å².